The summed E-state index contributed by atoms with van der Waals surface area (Å²) in [6.45, 7) is 0. The van der Waals surface area contributed by atoms with Crippen LogP contribution >= 0.6 is 11.6 Å². The molecule has 1 saturated carbocycles. The van der Waals surface area contributed by atoms with Gasteiger partial charge in [0.1, 0.15) is 0 Å². The highest BCUT2D eigenvalue weighted by Crippen LogP contribution is 2.31. The Morgan fingerprint density at radius 2 is 1.90 bits per heavy atom. The van der Waals surface area contributed by atoms with Gasteiger partial charge in [-0.15, -0.1) is 11.6 Å². The van der Waals surface area contributed by atoms with Crippen molar-refractivity contribution in [1.82, 2.24) is 5.32 Å². The van der Waals surface area contributed by atoms with Crippen molar-refractivity contribution >= 4 is 11.6 Å². The lowest BCUT2D eigenvalue weighted by atomic mass is 9.82. The van der Waals surface area contributed by atoms with Gasteiger partial charge in [0.05, 0.1) is 0 Å². The average molecular weight is 170 g/mol. The third-order valence-electron chi connectivity index (χ3n) is 2.22. The molecule has 3 rings (SSSR count). The van der Waals surface area contributed by atoms with Crippen LogP contribution in [0.25, 0.3) is 0 Å². The van der Waals surface area contributed by atoms with Crippen LogP contribution in [-0.2, 0) is 0 Å². The lowest BCUT2D eigenvalue weighted by Crippen LogP contribution is -2.60. The van der Waals surface area contributed by atoms with Gasteiger partial charge in [0, 0.05) is 26.6 Å². The first-order chi connectivity index (χ1) is 4.86. The standard InChI is InChI=1S/C6H10ClN.F2/c7-5-2-1-4-3-6(5)8-4;1-2/h4-6,8H,1-3H2;. The van der Waals surface area contributed by atoms with E-state index in [1.54, 1.807) is 0 Å². The smallest absolute Gasteiger partial charge is 0.0490 e. The first-order valence-electron chi connectivity index (χ1n) is 3.40. The van der Waals surface area contributed by atoms with Crippen molar-refractivity contribution in [2.75, 3.05) is 0 Å². The third kappa shape index (κ3) is 1.40. The number of rotatable bonds is 0. The Morgan fingerprint density at radius 3 is 2.10 bits per heavy atom. The summed E-state index contributed by atoms with van der Waals surface area (Å²) in [6.07, 6.45) is 3.85. The molecule has 1 aliphatic carbocycles. The third-order valence-corrected chi connectivity index (χ3v) is 2.74. The van der Waals surface area contributed by atoms with Gasteiger partial charge < -0.3 is 5.32 Å². The Hall–Kier alpha value is 0.110. The van der Waals surface area contributed by atoms with Gasteiger partial charge in [-0.05, 0) is 19.3 Å². The minimum absolute atomic E-state index is 0.431. The van der Waals surface area contributed by atoms with Gasteiger partial charge in [-0.1, -0.05) is 0 Å². The number of fused-ring (bicyclic) bond motifs is 2. The Morgan fingerprint density at radius 1 is 1.30 bits per heavy atom. The fourth-order valence-corrected chi connectivity index (χ4v) is 1.90. The summed E-state index contributed by atoms with van der Waals surface area (Å²) in [5, 5.41) is 3.83. The summed E-state index contributed by atoms with van der Waals surface area (Å²) in [6, 6.07) is 1.49. The van der Waals surface area contributed by atoms with Gasteiger partial charge in [0.2, 0.25) is 0 Å². The molecule has 2 bridgehead atoms. The first-order valence-corrected chi connectivity index (χ1v) is 3.84. The molecule has 0 aromatic carbocycles. The maximum atomic E-state index is 8.00. The summed E-state index contributed by atoms with van der Waals surface area (Å²) < 4.78 is 16.0. The van der Waals surface area contributed by atoms with Crippen LogP contribution in [0.1, 0.15) is 19.3 Å². The van der Waals surface area contributed by atoms with Crippen LogP contribution in [-0.4, -0.2) is 17.5 Å². The van der Waals surface area contributed by atoms with Crippen LogP contribution in [0.5, 0.6) is 0 Å². The highest BCUT2D eigenvalue weighted by Gasteiger charge is 2.37. The lowest BCUT2D eigenvalue weighted by molar-refractivity contribution is 0.108. The Balaban J connectivity index is 0.000000231. The van der Waals surface area contributed by atoms with E-state index in [-0.39, 0.29) is 0 Å². The fraction of sp³-hybridized carbons (Fsp3) is 1.00. The SMILES string of the molecule is ClC1CCC2CC1N2.FF. The van der Waals surface area contributed by atoms with Crippen molar-refractivity contribution in [2.45, 2.75) is 36.7 Å². The number of nitrogens with one attached hydrogen (secondary N) is 1. The lowest BCUT2D eigenvalue weighted by Gasteiger charge is -2.45. The molecule has 1 N–H and O–H groups in total. The molecule has 3 unspecified atom stereocenters. The van der Waals surface area contributed by atoms with E-state index >= 15 is 0 Å². The zero-order valence-electron chi connectivity index (χ0n) is 5.49. The van der Waals surface area contributed by atoms with Gasteiger partial charge in [-0.3, -0.25) is 0 Å². The largest absolute Gasteiger partial charge is 0.310 e. The van der Waals surface area contributed by atoms with Gasteiger partial charge >= 0.3 is 0 Å². The van der Waals surface area contributed by atoms with Gasteiger partial charge in [0.15, 0.2) is 0 Å². The molecule has 2 aliphatic heterocycles. The topological polar surface area (TPSA) is 12.0 Å². The van der Waals surface area contributed by atoms with Crippen molar-refractivity contribution in [1.29, 1.82) is 0 Å². The molecule has 2 saturated heterocycles. The fourth-order valence-electron chi connectivity index (χ4n) is 1.60. The molecule has 10 heavy (non-hydrogen) atoms. The highest BCUT2D eigenvalue weighted by atomic mass is 35.5. The zero-order chi connectivity index (χ0) is 7.56. The van der Waals surface area contributed by atoms with Crippen LogP contribution in [0.4, 0.5) is 9.15 Å². The molecule has 3 aliphatic rings. The number of halogens is 3. The van der Waals surface area contributed by atoms with Gasteiger partial charge in [0.25, 0.3) is 0 Å². The van der Waals surface area contributed by atoms with Crippen molar-refractivity contribution < 1.29 is 9.15 Å². The van der Waals surface area contributed by atoms with E-state index in [4.69, 9.17) is 20.7 Å². The molecule has 3 fully saturated rings. The second-order valence-electron chi connectivity index (χ2n) is 2.80. The number of hydrogen-bond donors (Lipinski definition) is 1. The van der Waals surface area contributed by atoms with Gasteiger partial charge in [-0.2, -0.15) is 0 Å². The van der Waals surface area contributed by atoms with Crippen LogP contribution < -0.4 is 5.32 Å². The summed E-state index contributed by atoms with van der Waals surface area (Å²) in [4.78, 5) is 0. The molecule has 2 heterocycles. The van der Waals surface area contributed by atoms with E-state index in [1.807, 2.05) is 0 Å². The van der Waals surface area contributed by atoms with E-state index in [1.165, 1.54) is 19.3 Å². The van der Waals surface area contributed by atoms with Crippen molar-refractivity contribution in [3.63, 3.8) is 0 Å². The molecule has 3 atom stereocenters. The predicted octanol–water partition coefficient (Wildman–Crippen LogP) is 1.96. The summed E-state index contributed by atoms with van der Waals surface area (Å²) >= 11 is 5.94. The quantitative estimate of drug-likeness (QED) is 0.547. The molecule has 0 aromatic rings. The Kier molecular flexibility index (Phi) is 2.86. The van der Waals surface area contributed by atoms with E-state index in [0.29, 0.717) is 11.4 Å². The maximum Gasteiger partial charge on any atom is 0.0490 e. The second kappa shape index (κ2) is 3.49. The Labute approximate surface area is 63.6 Å². The molecule has 0 radical (unpaired) electrons. The molecular weight excluding hydrogens is 160 g/mol. The minimum atomic E-state index is 0.431. The maximum absolute atomic E-state index is 8.00. The predicted molar refractivity (Wildman–Crippen MR) is 36.4 cm³/mol. The molecule has 60 valence electrons. The molecule has 0 amide bonds. The molecule has 0 aromatic heterocycles. The Bertz CT molecular complexity index is 100. The van der Waals surface area contributed by atoms with Crippen LogP contribution in [0, 0.1) is 0 Å². The van der Waals surface area contributed by atoms with Crippen molar-refractivity contribution in [3.05, 3.63) is 0 Å². The second-order valence-corrected chi connectivity index (χ2v) is 3.36. The van der Waals surface area contributed by atoms with Crippen molar-refractivity contribution in [3.8, 4) is 0 Å². The number of alkyl halides is 1. The summed E-state index contributed by atoms with van der Waals surface area (Å²) in [7, 11) is 0. The highest BCUT2D eigenvalue weighted by molar-refractivity contribution is 6.21. The summed E-state index contributed by atoms with van der Waals surface area (Å²) in [5.74, 6) is 0. The monoisotopic (exact) mass is 169 g/mol. The average Bonchev–Trinajstić information content (AvgIpc) is 1.90. The van der Waals surface area contributed by atoms with Gasteiger partial charge in [-0.25, -0.2) is 0 Å². The van der Waals surface area contributed by atoms with E-state index < -0.39 is 0 Å². The number of piperidine rings is 1. The van der Waals surface area contributed by atoms with E-state index in [0.717, 1.165) is 6.04 Å². The molecule has 0 spiro atoms. The van der Waals surface area contributed by atoms with E-state index in [2.05, 4.69) is 5.32 Å². The van der Waals surface area contributed by atoms with Crippen LogP contribution in [0.3, 0.4) is 0 Å². The van der Waals surface area contributed by atoms with E-state index in [9.17, 15) is 0 Å². The molecule has 1 nitrogen and oxygen atoms in total. The van der Waals surface area contributed by atoms with Crippen molar-refractivity contribution in [2.24, 2.45) is 0 Å². The zero-order valence-corrected chi connectivity index (χ0v) is 6.24. The van der Waals surface area contributed by atoms with Crippen LogP contribution in [0.15, 0.2) is 0 Å². The molecular formula is C6H10ClF2N. The minimum Gasteiger partial charge on any atom is -0.310 e. The van der Waals surface area contributed by atoms with Crippen LogP contribution in [0.2, 0.25) is 0 Å². The molecule has 4 heteroatoms. The normalized spacial score (nSPS) is 42.9. The summed E-state index contributed by atoms with van der Waals surface area (Å²) in [5.41, 5.74) is 0. The first kappa shape index (κ1) is 8.21. The number of hydrogen-bond acceptors (Lipinski definition) is 1.